The van der Waals surface area contributed by atoms with Gasteiger partial charge in [-0.05, 0) is 0 Å². The van der Waals surface area contributed by atoms with E-state index in [9.17, 15) is 0 Å². The van der Waals surface area contributed by atoms with Crippen molar-refractivity contribution in [1.82, 2.24) is 4.98 Å². The van der Waals surface area contributed by atoms with Gasteiger partial charge in [0.2, 0.25) is 0 Å². The van der Waals surface area contributed by atoms with Crippen LogP contribution in [0.3, 0.4) is 0 Å². The maximum atomic E-state index is 6.52. The summed E-state index contributed by atoms with van der Waals surface area (Å²) in [5.74, 6) is 7.19. The number of pyridine rings is 1. The molecule has 3 aromatic heterocycles. The third kappa shape index (κ3) is 3.33. The van der Waals surface area contributed by atoms with Crippen LogP contribution in [0.2, 0.25) is 17.3 Å². The van der Waals surface area contributed by atoms with Gasteiger partial charge in [0.1, 0.15) is 0 Å². The van der Waals surface area contributed by atoms with E-state index in [1.807, 2.05) is 17.5 Å². The molecule has 0 amide bonds. The molecule has 0 bridgehead atoms. The van der Waals surface area contributed by atoms with Gasteiger partial charge in [0.05, 0.1) is 0 Å². The fraction of sp³-hybridized carbons (Fsp3) is 0.296. The van der Waals surface area contributed by atoms with Gasteiger partial charge in [-0.3, -0.25) is 0 Å². The maximum absolute atomic E-state index is 6.52. The van der Waals surface area contributed by atoms with E-state index in [2.05, 4.69) is 87.4 Å². The van der Waals surface area contributed by atoms with Crippen LogP contribution in [-0.4, -0.2) is 18.3 Å². The second-order valence-corrected chi connectivity index (χ2v) is 22.0. The van der Waals surface area contributed by atoms with Crippen LogP contribution in [0.4, 0.5) is 0 Å². The first-order chi connectivity index (χ1) is 14.6. The number of hydrogen-bond acceptors (Lipinski definition) is 3. The molecule has 2 nitrogen and oxygen atoms in total. The molecule has 0 N–H and O–H groups in total. The predicted molar refractivity (Wildman–Crippen MR) is 139 cm³/mol. The standard InChI is InChI=1S/C27H29GeNOS/c1-16-24-23(30-26(16)28(5,6)7)20-12-13-29-22(25(20)31-24)18-14-17-10-8-9-11-19(17)21(15-18)27(2,3)4/h8-15H,1-7H3. The molecule has 0 aliphatic heterocycles. The molecule has 0 spiro atoms. The number of furan rings is 1. The molecular formula is C27H29GeNOS. The summed E-state index contributed by atoms with van der Waals surface area (Å²) in [7, 11) is 0. The molecule has 0 atom stereocenters. The topological polar surface area (TPSA) is 26.0 Å². The summed E-state index contributed by atoms with van der Waals surface area (Å²) >= 11 is -0.215. The molecule has 158 valence electrons. The molecule has 2 aromatic carbocycles. The molecule has 0 aliphatic rings. The van der Waals surface area contributed by atoms with Crippen LogP contribution in [0.5, 0.6) is 0 Å². The molecule has 0 fully saturated rings. The Labute approximate surface area is 190 Å². The Morgan fingerprint density at radius 3 is 2.39 bits per heavy atom. The first kappa shape index (κ1) is 20.8. The van der Waals surface area contributed by atoms with Gasteiger partial charge >= 0.3 is 191 Å². The number of aromatic nitrogens is 1. The zero-order chi connectivity index (χ0) is 22.1. The zero-order valence-corrected chi connectivity index (χ0v) is 22.3. The summed E-state index contributed by atoms with van der Waals surface area (Å²) in [4.78, 5) is 4.86. The average molecular weight is 488 g/mol. The second kappa shape index (κ2) is 6.95. The number of hydrogen-bond donors (Lipinski definition) is 0. The van der Waals surface area contributed by atoms with E-state index in [4.69, 9.17) is 9.40 Å². The molecule has 0 saturated heterocycles. The summed E-state index contributed by atoms with van der Waals surface area (Å²) in [6.07, 6.45) is 1.94. The van der Waals surface area contributed by atoms with Crippen LogP contribution < -0.4 is 4.59 Å². The summed E-state index contributed by atoms with van der Waals surface area (Å²) in [5.41, 5.74) is 6.04. The van der Waals surface area contributed by atoms with Gasteiger partial charge in [0, 0.05) is 0 Å². The summed E-state index contributed by atoms with van der Waals surface area (Å²) in [5, 5.41) is 3.78. The van der Waals surface area contributed by atoms with Crippen LogP contribution >= 0.6 is 11.3 Å². The number of fused-ring (bicyclic) bond motifs is 4. The van der Waals surface area contributed by atoms with E-state index in [0.717, 1.165) is 11.3 Å². The Hall–Kier alpha value is -2.11. The Bertz CT molecular complexity index is 1460. The molecule has 5 aromatic rings. The van der Waals surface area contributed by atoms with Gasteiger partial charge < -0.3 is 0 Å². The minimum atomic E-state index is -2.05. The van der Waals surface area contributed by atoms with E-state index < -0.39 is 13.3 Å². The van der Waals surface area contributed by atoms with Crippen molar-refractivity contribution in [2.75, 3.05) is 0 Å². The molecule has 0 unspecified atom stereocenters. The summed E-state index contributed by atoms with van der Waals surface area (Å²) in [6, 6.07) is 15.4. The Morgan fingerprint density at radius 2 is 1.68 bits per heavy atom. The fourth-order valence-corrected chi connectivity index (χ4v) is 9.52. The van der Waals surface area contributed by atoms with Gasteiger partial charge in [0.15, 0.2) is 0 Å². The number of rotatable bonds is 2. The van der Waals surface area contributed by atoms with Crippen molar-refractivity contribution < 1.29 is 4.42 Å². The number of aryl methyl sites for hydroxylation is 1. The van der Waals surface area contributed by atoms with E-state index in [1.165, 1.54) is 46.8 Å². The summed E-state index contributed by atoms with van der Waals surface area (Å²) in [6.45, 7) is 9.09. The van der Waals surface area contributed by atoms with E-state index in [-0.39, 0.29) is 5.41 Å². The van der Waals surface area contributed by atoms with Crippen LogP contribution in [-0.2, 0) is 5.41 Å². The third-order valence-corrected chi connectivity index (χ3v) is 11.2. The van der Waals surface area contributed by atoms with Gasteiger partial charge in [-0.15, -0.1) is 0 Å². The Morgan fingerprint density at radius 1 is 0.935 bits per heavy atom. The molecule has 3 heterocycles. The van der Waals surface area contributed by atoms with Crippen molar-refractivity contribution in [1.29, 1.82) is 0 Å². The van der Waals surface area contributed by atoms with Gasteiger partial charge in [-0.25, -0.2) is 0 Å². The zero-order valence-electron chi connectivity index (χ0n) is 19.4. The van der Waals surface area contributed by atoms with Gasteiger partial charge in [-0.2, -0.15) is 0 Å². The number of benzene rings is 2. The third-order valence-electron chi connectivity index (χ3n) is 6.07. The van der Waals surface area contributed by atoms with Gasteiger partial charge in [-0.1, -0.05) is 0 Å². The molecular weight excluding hydrogens is 459 g/mol. The average Bonchev–Trinajstić information content (AvgIpc) is 3.23. The van der Waals surface area contributed by atoms with Crippen molar-refractivity contribution in [3.63, 3.8) is 0 Å². The predicted octanol–water partition coefficient (Wildman–Crippen LogP) is 8.01. The van der Waals surface area contributed by atoms with Crippen LogP contribution in [0, 0.1) is 6.92 Å². The first-order valence-electron chi connectivity index (χ1n) is 10.9. The molecule has 0 radical (unpaired) electrons. The Kier molecular flexibility index (Phi) is 4.65. The van der Waals surface area contributed by atoms with Crippen molar-refractivity contribution in [3.05, 3.63) is 59.8 Å². The van der Waals surface area contributed by atoms with Crippen molar-refractivity contribution in [3.8, 4) is 11.3 Å². The van der Waals surface area contributed by atoms with Crippen molar-refractivity contribution in [2.45, 2.75) is 50.4 Å². The van der Waals surface area contributed by atoms with E-state index >= 15 is 0 Å². The van der Waals surface area contributed by atoms with Crippen LogP contribution in [0.1, 0.15) is 31.9 Å². The molecule has 0 saturated carbocycles. The number of thiophene rings is 1. The van der Waals surface area contributed by atoms with Crippen LogP contribution in [0.15, 0.2) is 53.1 Å². The van der Waals surface area contributed by atoms with Crippen LogP contribution in [0.25, 0.3) is 42.4 Å². The number of nitrogens with zero attached hydrogens (tertiary/aromatic N) is 1. The quantitative estimate of drug-likeness (QED) is 0.235. The normalized spacial score (nSPS) is 13.0. The molecule has 0 aliphatic carbocycles. The SMILES string of the molecule is Cc1[c]([Ge]([CH3])([CH3])[CH3])oc2c1sc1c(-c3cc(C(C)(C)C)c4ccccc4c3)nccc12. The van der Waals surface area contributed by atoms with E-state index in [1.54, 1.807) is 0 Å². The van der Waals surface area contributed by atoms with Crippen molar-refractivity contribution >= 4 is 60.3 Å². The molecule has 5 rings (SSSR count). The molecule has 4 heteroatoms. The fourth-order valence-electron chi connectivity index (χ4n) is 4.62. The molecule has 31 heavy (non-hydrogen) atoms. The van der Waals surface area contributed by atoms with Crippen molar-refractivity contribution in [2.24, 2.45) is 0 Å². The monoisotopic (exact) mass is 489 g/mol. The first-order valence-corrected chi connectivity index (χ1v) is 19.1. The second-order valence-electron chi connectivity index (χ2n) is 10.6. The minimum absolute atomic E-state index is 0.0526. The van der Waals surface area contributed by atoms with E-state index in [0.29, 0.717) is 0 Å². The summed E-state index contributed by atoms with van der Waals surface area (Å²) < 4.78 is 10.3. The van der Waals surface area contributed by atoms with Gasteiger partial charge in [0.25, 0.3) is 0 Å². The Balaban J connectivity index is 1.81.